The number of aromatic amines is 1. The summed E-state index contributed by atoms with van der Waals surface area (Å²) >= 11 is 0. The summed E-state index contributed by atoms with van der Waals surface area (Å²) in [6, 6.07) is 23.1. The Morgan fingerprint density at radius 3 is 2.82 bits per heavy atom. The average molecular weight is 432 g/mol. The van der Waals surface area contributed by atoms with Gasteiger partial charge >= 0.3 is 5.97 Å². The summed E-state index contributed by atoms with van der Waals surface area (Å²) in [6.45, 7) is 2.53. The van der Waals surface area contributed by atoms with Gasteiger partial charge in [0.1, 0.15) is 11.9 Å². The number of carbonyl (C=O) groups is 1. The molecule has 0 bridgehead atoms. The first kappa shape index (κ1) is 20.3. The predicted molar refractivity (Wildman–Crippen MR) is 129 cm³/mol. The van der Waals surface area contributed by atoms with Gasteiger partial charge in [-0.25, -0.2) is 9.78 Å². The average Bonchev–Trinajstić information content (AvgIpc) is 3.38. The lowest BCUT2D eigenvalue weighted by molar-refractivity contribution is 0.0696. The molecule has 160 valence electrons. The summed E-state index contributed by atoms with van der Waals surface area (Å²) in [7, 11) is 0. The number of nitrogens with zero attached hydrogens (tertiary/aromatic N) is 3. The second-order valence-corrected chi connectivity index (χ2v) is 8.01. The van der Waals surface area contributed by atoms with Crippen LogP contribution in [0.1, 0.15) is 32.9 Å². The van der Waals surface area contributed by atoms with E-state index in [4.69, 9.17) is 0 Å². The molecule has 2 heterocycles. The number of hydrogen-bond donors (Lipinski definition) is 2. The summed E-state index contributed by atoms with van der Waals surface area (Å²) in [4.78, 5) is 19.2. The minimum atomic E-state index is -0.947. The number of carboxylic acid groups (broad SMARTS) is 1. The maximum Gasteiger partial charge on any atom is 0.335 e. The molecule has 0 aliphatic carbocycles. The normalized spacial score (nSPS) is 11.7. The highest BCUT2D eigenvalue weighted by Crippen LogP contribution is 2.27. The highest BCUT2D eigenvalue weighted by atomic mass is 16.4. The Balaban J connectivity index is 1.58. The summed E-state index contributed by atoms with van der Waals surface area (Å²) in [5.41, 5.74) is 6.32. The third-order valence-corrected chi connectivity index (χ3v) is 5.66. The monoisotopic (exact) mass is 432 g/mol. The molecule has 0 aliphatic rings. The van der Waals surface area contributed by atoms with Crippen molar-refractivity contribution in [1.82, 2.24) is 14.5 Å². The molecule has 0 spiro atoms. The molecule has 6 nitrogen and oxygen atoms in total. The fourth-order valence-electron chi connectivity index (χ4n) is 4.08. The van der Waals surface area contributed by atoms with Crippen LogP contribution in [0.15, 0.2) is 72.9 Å². The number of nitriles is 1. The zero-order valence-corrected chi connectivity index (χ0v) is 17.9. The van der Waals surface area contributed by atoms with Gasteiger partial charge in [0, 0.05) is 29.2 Å². The molecule has 0 amide bonds. The Kier molecular flexibility index (Phi) is 5.00. The summed E-state index contributed by atoms with van der Waals surface area (Å²) in [6.07, 6.45) is 3.83. The number of H-pyrrole nitrogens is 1. The minimum Gasteiger partial charge on any atom is -0.478 e. The number of rotatable bonds is 5. The van der Waals surface area contributed by atoms with Crippen LogP contribution in [0.25, 0.3) is 33.6 Å². The Morgan fingerprint density at radius 2 is 2.00 bits per heavy atom. The van der Waals surface area contributed by atoms with Gasteiger partial charge in [-0.3, -0.25) is 0 Å². The first-order valence-corrected chi connectivity index (χ1v) is 10.5. The number of aryl methyl sites for hydroxylation is 1. The van der Waals surface area contributed by atoms with Gasteiger partial charge in [-0.05, 0) is 54.5 Å². The van der Waals surface area contributed by atoms with E-state index in [-0.39, 0.29) is 5.56 Å². The molecular formula is C27H20N4O2. The molecule has 2 aromatic heterocycles. The highest BCUT2D eigenvalue weighted by molar-refractivity contribution is 5.98. The SMILES string of the molecule is Cc1ccc2nc(C(C#N)=Cc3cn(Cc4cccc(C(=O)O)c4)c4ccccc34)[nH]c2c1. The zero-order valence-electron chi connectivity index (χ0n) is 17.9. The molecule has 2 N–H and O–H groups in total. The molecule has 0 saturated carbocycles. The smallest absolute Gasteiger partial charge is 0.335 e. The van der Waals surface area contributed by atoms with Crippen molar-refractivity contribution in [2.24, 2.45) is 0 Å². The molecule has 5 aromatic rings. The van der Waals surface area contributed by atoms with Crippen LogP contribution in [0.2, 0.25) is 0 Å². The Bertz CT molecular complexity index is 1600. The molecule has 33 heavy (non-hydrogen) atoms. The number of fused-ring (bicyclic) bond motifs is 2. The van der Waals surface area contributed by atoms with E-state index in [0.717, 1.165) is 38.6 Å². The van der Waals surface area contributed by atoms with Crippen LogP contribution in [0.5, 0.6) is 0 Å². The van der Waals surface area contributed by atoms with Gasteiger partial charge in [0.2, 0.25) is 0 Å². The van der Waals surface area contributed by atoms with Gasteiger partial charge < -0.3 is 14.7 Å². The quantitative estimate of drug-likeness (QED) is 0.352. The third kappa shape index (κ3) is 3.88. The van der Waals surface area contributed by atoms with Crippen LogP contribution in [-0.4, -0.2) is 25.6 Å². The molecule has 6 heteroatoms. The number of allylic oxidation sites excluding steroid dienone is 1. The van der Waals surface area contributed by atoms with Crippen molar-refractivity contribution in [3.63, 3.8) is 0 Å². The molecule has 0 saturated heterocycles. The molecule has 3 aromatic carbocycles. The number of nitrogens with one attached hydrogen (secondary N) is 1. The van der Waals surface area contributed by atoms with Gasteiger partial charge in [-0.2, -0.15) is 5.26 Å². The zero-order chi connectivity index (χ0) is 22.9. The van der Waals surface area contributed by atoms with Crippen LogP contribution in [-0.2, 0) is 6.54 Å². The van der Waals surface area contributed by atoms with E-state index in [1.54, 1.807) is 18.2 Å². The van der Waals surface area contributed by atoms with E-state index in [2.05, 4.69) is 20.6 Å². The fourth-order valence-corrected chi connectivity index (χ4v) is 4.08. The van der Waals surface area contributed by atoms with Crippen LogP contribution in [0.4, 0.5) is 0 Å². The van der Waals surface area contributed by atoms with Crippen LogP contribution >= 0.6 is 0 Å². The lowest BCUT2D eigenvalue weighted by Crippen LogP contribution is -2.01. The van der Waals surface area contributed by atoms with Crippen molar-refractivity contribution >= 4 is 39.6 Å². The number of aromatic carboxylic acids is 1. The molecule has 0 atom stereocenters. The Morgan fingerprint density at radius 1 is 1.15 bits per heavy atom. The van der Waals surface area contributed by atoms with Gasteiger partial charge in [0.15, 0.2) is 0 Å². The molecule has 0 unspecified atom stereocenters. The maximum atomic E-state index is 11.3. The first-order chi connectivity index (χ1) is 16.0. The summed E-state index contributed by atoms with van der Waals surface area (Å²) in [5, 5.41) is 20.2. The Hall–Kier alpha value is -4.63. The number of benzene rings is 3. The standard InChI is InChI=1S/C27H20N4O2/c1-17-9-10-23-24(11-17)30-26(29-23)20(14-28)13-21-16-31(25-8-3-2-7-22(21)25)15-18-5-4-6-19(12-18)27(32)33/h2-13,16H,15H2,1H3,(H,29,30)(H,32,33). The topological polar surface area (TPSA) is 94.7 Å². The molecule has 0 aliphatic heterocycles. The van der Waals surface area contributed by atoms with Gasteiger partial charge in [-0.1, -0.05) is 36.4 Å². The second-order valence-electron chi connectivity index (χ2n) is 8.01. The van der Waals surface area contributed by atoms with E-state index in [1.807, 2.05) is 67.7 Å². The van der Waals surface area contributed by atoms with E-state index < -0.39 is 5.97 Å². The number of hydrogen-bond acceptors (Lipinski definition) is 3. The number of aromatic nitrogens is 3. The van der Waals surface area contributed by atoms with Crippen molar-refractivity contribution in [2.75, 3.05) is 0 Å². The molecule has 0 fully saturated rings. The van der Waals surface area contributed by atoms with Gasteiger partial charge in [-0.15, -0.1) is 0 Å². The summed E-state index contributed by atoms with van der Waals surface area (Å²) in [5.74, 6) is -0.415. The lowest BCUT2D eigenvalue weighted by atomic mass is 10.1. The van der Waals surface area contributed by atoms with Crippen LogP contribution < -0.4 is 0 Å². The van der Waals surface area contributed by atoms with Crippen molar-refractivity contribution in [2.45, 2.75) is 13.5 Å². The Labute approximate surface area is 190 Å². The minimum absolute atomic E-state index is 0.260. The predicted octanol–water partition coefficient (Wildman–Crippen LogP) is 5.64. The molecule has 0 radical (unpaired) electrons. The fraction of sp³-hybridized carbons (Fsp3) is 0.0741. The van der Waals surface area contributed by atoms with Crippen molar-refractivity contribution in [3.05, 3.63) is 101 Å². The highest BCUT2D eigenvalue weighted by Gasteiger charge is 2.12. The largest absolute Gasteiger partial charge is 0.478 e. The number of para-hydroxylation sites is 1. The lowest BCUT2D eigenvalue weighted by Gasteiger charge is -2.06. The molecule has 5 rings (SSSR count). The number of carboxylic acids is 1. The van der Waals surface area contributed by atoms with Gasteiger partial charge in [0.25, 0.3) is 0 Å². The van der Waals surface area contributed by atoms with Crippen LogP contribution in [0.3, 0.4) is 0 Å². The van der Waals surface area contributed by atoms with Crippen molar-refractivity contribution in [3.8, 4) is 6.07 Å². The first-order valence-electron chi connectivity index (χ1n) is 10.5. The van der Waals surface area contributed by atoms with Crippen LogP contribution in [0, 0.1) is 18.3 Å². The molecular weight excluding hydrogens is 412 g/mol. The number of imidazole rings is 1. The van der Waals surface area contributed by atoms with Crippen molar-refractivity contribution < 1.29 is 9.90 Å². The van der Waals surface area contributed by atoms with E-state index in [9.17, 15) is 15.2 Å². The van der Waals surface area contributed by atoms with Gasteiger partial charge in [0.05, 0.1) is 22.2 Å². The second kappa shape index (κ2) is 8.13. The third-order valence-electron chi connectivity index (χ3n) is 5.66. The van der Waals surface area contributed by atoms with E-state index in [0.29, 0.717) is 17.9 Å². The van der Waals surface area contributed by atoms with E-state index >= 15 is 0 Å². The summed E-state index contributed by atoms with van der Waals surface area (Å²) < 4.78 is 2.07. The van der Waals surface area contributed by atoms with Crippen molar-refractivity contribution in [1.29, 1.82) is 5.26 Å². The maximum absolute atomic E-state index is 11.3. The van der Waals surface area contributed by atoms with E-state index in [1.165, 1.54) is 0 Å².